The van der Waals surface area contributed by atoms with E-state index in [-0.39, 0.29) is 24.2 Å². The molecule has 0 aromatic carbocycles. The van der Waals surface area contributed by atoms with Crippen molar-refractivity contribution in [3.63, 3.8) is 0 Å². The fourth-order valence-corrected chi connectivity index (χ4v) is 1.89. The van der Waals surface area contributed by atoms with Crippen molar-refractivity contribution in [2.75, 3.05) is 53.4 Å². The van der Waals surface area contributed by atoms with Crippen molar-refractivity contribution in [2.24, 2.45) is 0 Å². The maximum Gasteiger partial charge on any atom is 0.223 e. The molecule has 1 heterocycles. The van der Waals surface area contributed by atoms with Gasteiger partial charge in [-0.2, -0.15) is 0 Å². The molecule has 2 amide bonds. The Balaban J connectivity index is 0.00000324. The first kappa shape index (κ1) is 18.1. The summed E-state index contributed by atoms with van der Waals surface area (Å²) in [7, 11) is 3.57. The predicted octanol–water partition coefficient (Wildman–Crippen LogP) is -0.702. The number of hydrogen-bond donors (Lipinski definition) is 2. The minimum atomic E-state index is 0. The van der Waals surface area contributed by atoms with E-state index < -0.39 is 0 Å². The first-order valence-electron chi connectivity index (χ1n) is 6.51. The van der Waals surface area contributed by atoms with Crippen LogP contribution in [0, 0.1) is 0 Å². The molecule has 0 aliphatic carbocycles. The summed E-state index contributed by atoms with van der Waals surface area (Å²) in [5.74, 6) is 0.249. The van der Waals surface area contributed by atoms with Gasteiger partial charge in [-0.15, -0.1) is 12.4 Å². The van der Waals surface area contributed by atoms with Crippen LogP contribution in [0.25, 0.3) is 0 Å². The Labute approximate surface area is 121 Å². The molecule has 2 N–H and O–H groups in total. The van der Waals surface area contributed by atoms with Crippen LogP contribution in [-0.2, 0) is 9.59 Å². The van der Waals surface area contributed by atoms with Crippen LogP contribution in [0.3, 0.4) is 0 Å². The third-order valence-corrected chi connectivity index (χ3v) is 3.18. The number of carbonyl (C=O) groups is 2. The van der Waals surface area contributed by atoms with Gasteiger partial charge in [0.2, 0.25) is 11.8 Å². The zero-order valence-electron chi connectivity index (χ0n) is 11.8. The number of nitrogens with zero attached hydrogens (tertiary/aromatic N) is 2. The van der Waals surface area contributed by atoms with E-state index in [1.807, 2.05) is 16.8 Å². The van der Waals surface area contributed by atoms with E-state index in [9.17, 15) is 9.59 Å². The molecule has 0 unspecified atom stereocenters. The Kier molecular flexibility index (Phi) is 9.55. The molecule has 1 fully saturated rings. The molecule has 19 heavy (non-hydrogen) atoms. The molecule has 1 saturated heterocycles. The lowest BCUT2D eigenvalue weighted by Crippen LogP contribution is -2.47. The molecule has 1 rings (SSSR count). The van der Waals surface area contributed by atoms with Crippen molar-refractivity contribution in [1.82, 2.24) is 20.4 Å². The van der Waals surface area contributed by atoms with E-state index in [0.717, 1.165) is 26.2 Å². The lowest BCUT2D eigenvalue weighted by molar-refractivity contribution is -0.132. The zero-order valence-corrected chi connectivity index (χ0v) is 12.6. The van der Waals surface area contributed by atoms with Gasteiger partial charge in [-0.1, -0.05) is 0 Å². The molecule has 0 atom stereocenters. The number of rotatable bonds is 6. The van der Waals surface area contributed by atoms with E-state index in [2.05, 4.69) is 10.6 Å². The van der Waals surface area contributed by atoms with E-state index in [1.165, 1.54) is 0 Å². The van der Waals surface area contributed by atoms with Gasteiger partial charge in [0.1, 0.15) is 0 Å². The minimum Gasteiger partial charge on any atom is -0.359 e. The maximum atomic E-state index is 11.9. The summed E-state index contributed by atoms with van der Waals surface area (Å²) in [6.07, 6.45) is 1.01. The number of halogens is 1. The smallest absolute Gasteiger partial charge is 0.223 e. The van der Waals surface area contributed by atoms with Gasteiger partial charge in [0.05, 0.1) is 0 Å². The number of nitrogens with one attached hydrogen (secondary N) is 2. The number of amides is 2. The van der Waals surface area contributed by atoms with E-state index in [0.29, 0.717) is 25.9 Å². The topological polar surface area (TPSA) is 64.7 Å². The van der Waals surface area contributed by atoms with Crippen LogP contribution in [-0.4, -0.2) is 75.0 Å². The van der Waals surface area contributed by atoms with Crippen molar-refractivity contribution in [3.05, 3.63) is 0 Å². The van der Waals surface area contributed by atoms with E-state index in [1.54, 1.807) is 7.05 Å². The van der Waals surface area contributed by atoms with Gasteiger partial charge in [-0.05, 0) is 7.05 Å². The van der Waals surface area contributed by atoms with Gasteiger partial charge < -0.3 is 20.4 Å². The standard InChI is InChI=1S/C12H24N4O2.ClH/c1-13-11(17)3-7-15(2)8-4-12(18)16-9-5-14-6-10-16;/h14H,3-10H2,1-2H3,(H,13,17);1H. The second kappa shape index (κ2) is 10.00. The molecule has 112 valence electrons. The normalized spacial score (nSPS) is 15.0. The highest BCUT2D eigenvalue weighted by Crippen LogP contribution is 1.99. The Morgan fingerprint density at radius 2 is 1.79 bits per heavy atom. The van der Waals surface area contributed by atoms with Crippen LogP contribution in [0.5, 0.6) is 0 Å². The molecule has 0 saturated carbocycles. The van der Waals surface area contributed by atoms with Crippen LogP contribution >= 0.6 is 12.4 Å². The number of piperazine rings is 1. The monoisotopic (exact) mass is 292 g/mol. The van der Waals surface area contributed by atoms with E-state index in [4.69, 9.17) is 0 Å². The SMILES string of the molecule is CNC(=O)CCN(C)CCC(=O)N1CCNCC1.Cl. The van der Waals surface area contributed by atoms with Crippen LogP contribution in [0.15, 0.2) is 0 Å². The van der Waals surface area contributed by atoms with Crippen LogP contribution in [0.1, 0.15) is 12.8 Å². The van der Waals surface area contributed by atoms with Crippen LogP contribution < -0.4 is 10.6 Å². The molecule has 0 bridgehead atoms. The highest BCUT2D eigenvalue weighted by molar-refractivity contribution is 5.85. The average Bonchev–Trinajstić information content (AvgIpc) is 2.42. The first-order valence-corrected chi connectivity index (χ1v) is 6.51. The molecule has 1 aliphatic heterocycles. The third-order valence-electron chi connectivity index (χ3n) is 3.18. The molecular weight excluding hydrogens is 268 g/mol. The summed E-state index contributed by atoms with van der Waals surface area (Å²) >= 11 is 0. The summed E-state index contributed by atoms with van der Waals surface area (Å²) in [6, 6.07) is 0. The van der Waals surface area contributed by atoms with Crippen LogP contribution in [0.4, 0.5) is 0 Å². The Morgan fingerprint density at radius 3 is 2.37 bits per heavy atom. The van der Waals surface area contributed by atoms with Crippen molar-refractivity contribution in [3.8, 4) is 0 Å². The average molecular weight is 293 g/mol. The Morgan fingerprint density at radius 1 is 1.21 bits per heavy atom. The summed E-state index contributed by atoms with van der Waals surface area (Å²) in [5.41, 5.74) is 0. The highest BCUT2D eigenvalue weighted by Gasteiger charge is 2.16. The van der Waals surface area contributed by atoms with Crippen molar-refractivity contribution in [2.45, 2.75) is 12.8 Å². The Hall–Kier alpha value is -0.850. The molecule has 0 aromatic heterocycles. The van der Waals surface area contributed by atoms with Crippen molar-refractivity contribution < 1.29 is 9.59 Å². The fourth-order valence-electron chi connectivity index (χ4n) is 1.89. The molecule has 0 spiro atoms. The molecule has 7 heteroatoms. The number of carbonyl (C=O) groups excluding carboxylic acids is 2. The molecule has 0 aromatic rings. The molecule has 6 nitrogen and oxygen atoms in total. The first-order chi connectivity index (χ1) is 8.63. The quantitative estimate of drug-likeness (QED) is 0.679. The summed E-state index contributed by atoms with van der Waals surface area (Å²) in [6.45, 7) is 4.78. The summed E-state index contributed by atoms with van der Waals surface area (Å²) in [5, 5.41) is 5.81. The lowest BCUT2D eigenvalue weighted by atomic mass is 10.3. The fraction of sp³-hybridized carbons (Fsp3) is 0.833. The second-order valence-corrected chi connectivity index (χ2v) is 4.61. The van der Waals surface area contributed by atoms with Gasteiger partial charge in [-0.25, -0.2) is 0 Å². The third kappa shape index (κ3) is 7.34. The molecular formula is C12H25ClN4O2. The molecule has 1 aliphatic rings. The molecule has 0 radical (unpaired) electrons. The van der Waals surface area contributed by atoms with Gasteiger partial charge >= 0.3 is 0 Å². The lowest BCUT2D eigenvalue weighted by Gasteiger charge is -2.28. The summed E-state index contributed by atoms with van der Waals surface area (Å²) < 4.78 is 0. The number of hydrogen-bond acceptors (Lipinski definition) is 4. The van der Waals surface area contributed by atoms with Gasteiger partial charge in [0.25, 0.3) is 0 Å². The zero-order chi connectivity index (χ0) is 13.4. The van der Waals surface area contributed by atoms with Crippen molar-refractivity contribution >= 4 is 24.2 Å². The van der Waals surface area contributed by atoms with Gasteiger partial charge in [-0.3, -0.25) is 9.59 Å². The van der Waals surface area contributed by atoms with Crippen LogP contribution in [0.2, 0.25) is 0 Å². The summed E-state index contributed by atoms with van der Waals surface area (Å²) in [4.78, 5) is 26.9. The highest BCUT2D eigenvalue weighted by atomic mass is 35.5. The largest absolute Gasteiger partial charge is 0.359 e. The maximum absolute atomic E-state index is 11.9. The second-order valence-electron chi connectivity index (χ2n) is 4.61. The Bertz CT molecular complexity index is 283. The van der Waals surface area contributed by atoms with E-state index >= 15 is 0 Å². The minimum absolute atomic E-state index is 0. The van der Waals surface area contributed by atoms with Gasteiger partial charge in [0.15, 0.2) is 0 Å². The van der Waals surface area contributed by atoms with Gasteiger partial charge in [0, 0.05) is 59.2 Å². The predicted molar refractivity (Wildman–Crippen MR) is 77.5 cm³/mol. The van der Waals surface area contributed by atoms with Crippen molar-refractivity contribution in [1.29, 1.82) is 0 Å².